The molecule has 1 aromatic rings. The third-order valence-corrected chi connectivity index (χ3v) is 3.99. The van der Waals surface area contributed by atoms with Gasteiger partial charge in [-0.05, 0) is 18.8 Å². The van der Waals surface area contributed by atoms with Crippen molar-refractivity contribution >= 4 is 17.5 Å². The molecular weight excluding hydrogens is 304 g/mol. The molecule has 0 atom stereocenters. The van der Waals surface area contributed by atoms with E-state index in [-0.39, 0.29) is 12.5 Å². The summed E-state index contributed by atoms with van der Waals surface area (Å²) in [6.07, 6.45) is 2.71. The first-order valence-corrected chi connectivity index (χ1v) is 7.26. The van der Waals surface area contributed by atoms with Gasteiger partial charge < -0.3 is 10.6 Å². The monoisotopic (exact) mass is 322 g/mol. The summed E-state index contributed by atoms with van der Waals surface area (Å²) < 4.78 is 0.874. The van der Waals surface area contributed by atoms with Gasteiger partial charge in [0.05, 0.1) is 11.1 Å². The lowest BCUT2D eigenvalue weighted by atomic mass is 9.99. The molecule has 2 amide bonds. The largest absolute Gasteiger partial charge is 0.365 e. The van der Waals surface area contributed by atoms with Crippen molar-refractivity contribution < 1.29 is 14.5 Å². The molecular formula is C14H18N4O5. The highest BCUT2D eigenvalue weighted by Gasteiger charge is 2.23. The molecule has 1 fully saturated rings. The second kappa shape index (κ2) is 6.59. The molecule has 2 N–H and O–H groups in total. The Hall–Kier alpha value is -2.71. The van der Waals surface area contributed by atoms with Crippen molar-refractivity contribution in [2.24, 2.45) is 11.7 Å². The summed E-state index contributed by atoms with van der Waals surface area (Å²) in [4.78, 5) is 47.4. The number of piperidine rings is 1. The lowest BCUT2D eigenvalue weighted by Crippen LogP contribution is -2.41. The van der Waals surface area contributed by atoms with Crippen LogP contribution >= 0.6 is 0 Å². The van der Waals surface area contributed by atoms with Gasteiger partial charge in [-0.1, -0.05) is 6.92 Å². The normalized spacial score (nSPS) is 15.4. The molecule has 1 aliphatic heterocycles. The highest BCUT2D eigenvalue weighted by Crippen LogP contribution is 2.16. The highest BCUT2D eigenvalue weighted by atomic mass is 16.6. The maximum absolute atomic E-state index is 12.3. The summed E-state index contributed by atoms with van der Waals surface area (Å²) in [7, 11) is 0. The minimum Gasteiger partial charge on any atom is -0.365 e. The summed E-state index contributed by atoms with van der Waals surface area (Å²) in [5, 5.41) is 10.9. The zero-order valence-electron chi connectivity index (χ0n) is 12.7. The Kier molecular flexibility index (Phi) is 4.77. The van der Waals surface area contributed by atoms with E-state index in [4.69, 9.17) is 5.73 Å². The van der Waals surface area contributed by atoms with E-state index in [1.165, 1.54) is 0 Å². The number of nitrogens with two attached hydrogens (primary N) is 1. The van der Waals surface area contributed by atoms with Crippen molar-refractivity contribution in [3.05, 3.63) is 38.3 Å². The molecule has 0 aromatic carbocycles. The van der Waals surface area contributed by atoms with Crippen LogP contribution in [0.3, 0.4) is 0 Å². The van der Waals surface area contributed by atoms with Crippen LogP contribution in [-0.2, 0) is 11.3 Å². The molecule has 9 heteroatoms. The van der Waals surface area contributed by atoms with E-state index >= 15 is 0 Å². The van der Waals surface area contributed by atoms with Crippen LogP contribution in [0.4, 0.5) is 5.69 Å². The van der Waals surface area contributed by atoms with E-state index in [0.717, 1.165) is 29.7 Å². The number of pyridine rings is 1. The van der Waals surface area contributed by atoms with Gasteiger partial charge in [0.15, 0.2) is 0 Å². The Morgan fingerprint density at radius 1 is 1.39 bits per heavy atom. The summed E-state index contributed by atoms with van der Waals surface area (Å²) in [6.45, 7) is 2.93. The number of rotatable bonds is 4. The van der Waals surface area contributed by atoms with Gasteiger partial charge in [0.1, 0.15) is 12.1 Å². The summed E-state index contributed by atoms with van der Waals surface area (Å²) >= 11 is 0. The van der Waals surface area contributed by atoms with Crippen LogP contribution < -0.4 is 11.3 Å². The molecule has 1 aromatic heterocycles. The topological polar surface area (TPSA) is 129 Å². The van der Waals surface area contributed by atoms with Crippen LogP contribution in [0.2, 0.25) is 0 Å². The number of carbonyl (C=O) groups excluding carboxylic acids is 2. The third kappa shape index (κ3) is 3.74. The van der Waals surface area contributed by atoms with Crippen LogP contribution in [0.1, 0.15) is 30.1 Å². The zero-order chi connectivity index (χ0) is 17.1. The van der Waals surface area contributed by atoms with E-state index in [9.17, 15) is 24.5 Å². The standard InChI is InChI=1S/C14H18N4O5/c1-9-2-4-16(5-3-9)12(19)8-17-7-10(18(22)23)6-11(13(15)20)14(17)21/h6-7,9H,2-5,8H2,1H3,(H2,15,20). The van der Waals surface area contributed by atoms with Crippen LogP contribution in [0.25, 0.3) is 0 Å². The first-order valence-electron chi connectivity index (χ1n) is 7.26. The molecule has 0 spiro atoms. The zero-order valence-corrected chi connectivity index (χ0v) is 12.7. The Bertz CT molecular complexity index is 704. The molecule has 2 heterocycles. The van der Waals surface area contributed by atoms with Crippen LogP contribution in [0.15, 0.2) is 17.1 Å². The number of likely N-dealkylation sites (tertiary alicyclic amines) is 1. The number of aromatic nitrogens is 1. The molecule has 0 aliphatic carbocycles. The van der Waals surface area contributed by atoms with Gasteiger partial charge in [-0.15, -0.1) is 0 Å². The smallest absolute Gasteiger partial charge is 0.286 e. The number of nitrogens with zero attached hydrogens (tertiary/aromatic N) is 3. The number of nitro groups is 1. The van der Waals surface area contributed by atoms with E-state index < -0.39 is 27.6 Å². The minimum atomic E-state index is -1.06. The maximum Gasteiger partial charge on any atom is 0.286 e. The predicted octanol–water partition coefficient (Wildman–Crippen LogP) is 0.114. The second-order valence-electron chi connectivity index (χ2n) is 5.73. The molecule has 1 saturated heterocycles. The van der Waals surface area contributed by atoms with Crippen molar-refractivity contribution in [3.63, 3.8) is 0 Å². The van der Waals surface area contributed by atoms with Crippen molar-refractivity contribution in [2.45, 2.75) is 26.3 Å². The fraction of sp³-hybridized carbons (Fsp3) is 0.500. The van der Waals surface area contributed by atoms with E-state index in [2.05, 4.69) is 6.92 Å². The number of amides is 2. The molecule has 0 radical (unpaired) electrons. The number of carbonyl (C=O) groups is 2. The average Bonchev–Trinajstić information content (AvgIpc) is 2.49. The molecule has 2 rings (SSSR count). The van der Waals surface area contributed by atoms with E-state index in [0.29, 0.717) is 19.0 Å². The quantitative estimate of drug-likeness (QED) is 0.621. The number of hydrogen-bond acceptors (Lipinski definition) is 5. The van der Waals surface area contributed by atoms with Crippen molar-refractivity contribution in [1.29, 1.82) is 0 Å². The van der Waals surface area contributed by atoms with Gasteiger partial charge in [-0.2, -0.15) is 0 Å². The van der Waals surface area contributed by atoms with E-state index in [1.807, 2.05) is 0 Å². The SMILES string of the molecule is CC1CCN(C(=O)Cn2cc([N+](=O)[O-])cc(C(N)=O)c2=O)CC1. The Balaban J connectivity index is 2.28. The lowest BCUT2D eigenvalue weighted by molar-refractivity contribution is -0.385. The highest BCUT2D eigenvalue weighted by molar-refractivity contribution is 5.93. The molecule has 124 valence electrons. The van der Waals surface area contributed by atoms with Crippen LogP contribution in [0, 0.1) is 16.0 Å². The first kappa shape index (κ1) is 16.7. The molecule has 9 nitrogen and oxygen atoms in total. The second-order valence-corrected chi connectivity index (χ2v) is 5.73. The minimum absolute atomic E-state index is 0.310. The van der Waals surface area contributed by atoms with E-state index in [1.54, 1.807) is 4.90 Å². The van der Waals surface area contributed by atoms with Gasteiger partial charge >= 0.3 is 0 Å². The molecule has 1 aliphatic rings. The molecule has 0 bridgehead atoms. The van der Waals surface area contributed by atoms with Crippen LogP contribution in [0.5, 0.6) is 0 Å². The Labute approximate surface area is 131 Å². The third-order valence-electron chi connectivity index (χ3n) is 3.99. The molecule has 0 unspecified atom stereocenters. The summed E-state index contributed by atoms with van der Waals surface area (Å²) in [5.74, 6) is -0.831. The Morgan fingerprint density at radius 3 is 2.52 bits per heavy atom. The summed E-state index contributed by atoms with van der Waals surface area (Å²) in [6, 6.07) is 0.828. The molecule has 23 heavy (non-hydrogen) atoms. The number of hydrogen-bond donors (Lipinski definition) is 1. The fourth-order valence-corrected chi connectivity index (χ4v) is 2.52. The molecule has 0 saturated carbocycles. The lowest BCUT2D eigenvalue weighted by Gasteiger charge is -2.30. The van der Waals surface area contributed by atoms with Crippen LogP contribution in [-0.4, -0.2) is 39.3 Å². The van der Waals surface area contributed by atoms with Gasteiger partial charge in [0, 0.05) is 19.2 Å². The van der Waals surface area contributed by atoms with Gasteiger partial charge in [0.2, 0.25) is 5.91 Å². The van der Waals surface area contributed by atoms with Gasteiger partial charge in [-0.3, -0.25) is 29.1 Å². The number of primary amides is 1. The maximum atomic E-state index is 12.3. The fourth-order valence-electron chi connectivity index (χ4n) is 2.52. The van der Waals surface area contributed by atoms with Gasteiger partial charge in [-0.25, -0.2) is 0 Å². The predicted molar refractivity (Wildman–Crippen MR) is 80.9 cm³/mol. The van der Waals surface area contributed by atoms with Crippen molar-refractivity contribution in [2.75, 3.05) is 13.1 Å². The average molecular weight is 322 g/mol. The first-order chi connectivity index (χ1) is 10.8. The summed E-state index contributed by atoms with van der Waals surface area (Å²) in [5.41, 5.74) is 3.31. The van der Waals surface area contributed by atoms with Gasteiger partial charge in [0.25, 0.3) is 17.2 Å². The Morgan fingerprint density at radius 2 is 2.00 bits per heavy atom. The van der Waals surface area contributed by atoms with Crippen molar-refractivity contribution in [1.82, 2.24) is 9.47 Å². The van der Waals surface area contributed by atoms with Crippen molar-refractivity contribution in [3.8, 4) is 0 Å².